The van der Waals surface area contributed by atoms with Crippen LogP contribution in [0.1, 0.15) is 17.4 Å². The third-order valence-electron chi connectivity index (χ3n) is 2.55. The summed E-state index contributed by atoms with van der Waals surface area (Å²) in [5, 5.41) is 2.60. The van der Waals surface area contributed by atoms with E-state index in [1.54, 1.807) is 12.1 Å². The van der Waals surface area contributed by atoms with Crippen molar-refractivity contribution in [2.75, 3.05) is 11.1 Å². The summed E-state index contributed by atoms with van der Waals surface area (Å²) in [5.74, 6) is -0.912. The number of amides is 2. The number of benzene rings is 1. The molecule has 1 heterocycles. The summed E-state index contributed by atoms with van der Waals surface area (Å²) in [6.07, 6.45) is 1.39. The summed E-state index contributed by atoms with van der Waals surface area (Å²) >= 11 is 3.12. The van der Waals surface area contributed by atoms with Crippen molar-refractivity contribution in [2.45, 2.75) is 11.8 Å². The molecule has 8 nitrogen and oxygen atoms in total. The molecule has 0 spiro atoms. The Hall–Kier alpha value is -2.33. The molecule has 0 aliphatic heterocycles. The fourth-order valence-electron chi connectivity index (χ4n) is 1.59. The highest BCUT2D eigenvalue weighted by Gasteiger charge is 2.14. The molecule has 4 N–H and O–H groups in total. The summed E-state index contributed by atoms with van der Waals surface area (Å²) in [6.45, 7) is 1.27. The minimum atomic E-state index is -1.64. The predicted molar refractivity (Wildman–Crippen MR) is 88.8 cm³/mol. The second-order valence-electron chi connectivity index (χ2n) is 4.33. The second kappa shape index (κ2) is 7.29. The third kappa shape index (κ3) is 4.57. The molecule has 0 aliphatic rings. The minimum absolute atomic E-state index is 0.00841. The van der Waals surface area contributed by atoms with Gasteiger partial charge < -0.3 is 11.1 Å². The molecule has 0 fully saturated rings. The fourth-order valence-corrected chi connectivity index (χ4v) is 2.63. The van der Waals surface area contributed by atoms with Gasteiger partial charge in [0.2, 0.25) is 5.91 Å². The summed E-state index contributed by atoms with van der Waals surface area (Å²) in [7, 11) is -1.64. The molecule has 23 heavy (non-hydrogen) atoms. The van der Waals surface area contributed by atoms with Gasteiger partial charge in [-0.25, -0.2) is 14.2 Å². The van der Waals surface area contributed by atoms with Crippen LogP contribution >= 0.6 is 15.9 Å². The predicted octanol–water partition coefficient (Wildman–Crippen LogP) is 1.23. The first-order valence-corrected chi connectivity index (χ1v) is 8.19. The average Bonchev–Trinajstić information content (AvgIpc) is 2.49. The lowest BCUT2D eigenvalue weighted by Gasteiger charge is -2.07. The zero-order chi connectivity index (χ0) is 17.0. The van der Waals surface area contributed by atoms with E-state index in [-0.39, 0.29) is 11.5 Å². The Labute approximate surface area is 142 Å². The Morgan fingerprint density at radius 3 is 2.52 bits per heavy atom. The van der Waals surface area contributed by atoms with Gasteiger partial charge >= 0.3 is 0 Å². The molecule has 2 rings (SSSR count). The van der Waals surface area contributed by atoms with Crippen LogP contribution in [0.15, 0.2) is 40.0 Å². The standard InChI is InChI=1S/C13H12BrN5O3S/c1-7(20)19-23(22)9-4-2-8(3-5-9)17-13(21)11-12(15)16-6-10(14)18-11/h2-6H,1H3,(H2,15,16)(H,17,21)(H,19,20). The number of rotatable bonds is 4. The maximum absolute atomic E-state index is 12.1. The van der Waals surface area contributed by atoms with Crippen molar-refractivity contribution in [2.24, 2.45) is 0 Å². The van der Waals surface area contributed by atoms with Crippen molar-refractivity contribution < 1.29 is 13.8 Å². The maximum atomic E-state index is 12.1. The van der Waals surface area contributed by atoms with Crippen molar-refractivity contribution in [1.29, 1.82) is 0 Å². The van der Waals surface area contributed by atoms with E-state index in [1.165, 1.54) is 25.3 Å². The lowest BCUT2D eigenvalue weighted by molar-refractivity contribution is -0.117. The largest absolute Gasteiger partial charge is 0.382 e. The fraction of sp³-hybridized carbons (Fsp3) is 0.0769. The van der Waals surface area contributed by atoms with Gasteiger partial charge in [-0.1, -0.05) is 0 Å². The van der Waals surface area contributed by atoms with Crippen molar-refractivity contribution in [1.82, 2.24) is 14.7 Å². The van der Waals surface area contributed by atoms with Gasteiger partial charge in [-0.3, -0.25) is 14.3 Å². The van der Waals surface area contributed by atoms with Gasteiger partial charge in [-0.2, -0.15) is 0 Å². The van der Waals surface area contributed by atoms with Crippen LogP contribution in [0.5, 0.6) is 0 Å². The number of aromatic nitrogens is 2. The quantitative estimate of drug-likeness (QED) is 0.711. The topological polar surface area (TPSA) is 127 Å². The van der Waals surface area contributed by atoms with Crippen molar-refractivity contribution >= 4 is 50.2 Å². The van der Waals surface area contributed by atoms with Gasteiger partial charge in [0.1, 0.15) is 4.60 Å². The molecule has 1 unspecified atom stereocenters. The molecular weight excluding hydrogens is 386 g/mol. The van der Waals surface area contributed by atoms with Crippen LogP contribution in [0.25, 0.3) is 0 Å². The third-order valence-corrected chi connectivity index (χ3v) is 4.10. The van der Waals surface area contributed by atoms with Gasteiger partial charge in [0, 0.05) is 12.6 Å². The zero-order valence-corrected chi connectivity index (χ0v) is 14.3. The Balaban J connectivity index is 2.11. The molecule has 2 amide bonds. The SMILES string of the molecule is CC(=O)NS(=O)c1ccc(NC(=O)c2nc(Br)cnc2N)cc1. The number of nitrogens with zero attached hydrogens (tertiary/aromatic N) is 2. The summed E-state index contributed by atoms with van der Waals surface area (Å²) in [4.78, 5) is 31.2. The van der Waals surface area contributed by atoms with Gasteiger partial charge in [-0.15, -0.1) is 0 Å². The number of nitrogen functional groups attached to an aromatic ring is 1. The Bertz CT molecular complexity index is 782. The molecule has 1 atom stereocenters. The minimum Gasteiger partial charge on any atom is -0.382 e. The number of anilines is 2. The van der Waals surface area contributed by atoms with Gasteiger partial charge in [0.05, 0.1) is 11.1 Å². The van der Waals surface area contributed by atoms with E-state index >= 15 is 0 Å². The lowest BCUT2D eigenvalue weighted by atomic mass is 10.3. The molecule has 0 saturated heterocycles. The smallest absolute Gasteiger partial charge is 0.278 e. The number of hydrogen-bond donors (Lipinski definition) is 3. The highest BCUT2D eigenvalue weighted by atomic mass is 79.9. The average molecular weight is 398 g/mol. The van der Waals surface area contributed by atoms with E-state index in [9.17, 15) is 13.8 Å². The number of hydrogen-bond acceptors (Lipinski definition) is 6. The number of carbonyl (C=O) groups excluding carboxylic acids is 2. The van der Waals surface area contributed by atoms with Crippen LogP contribution in [-0.2, 0) is 15.8 Å². The molecule has 10 heteroatoms. The lowest BCUT2D eigenvalue weighted by Crippen LogP contribution is -2.22. The molecule has 0 radical (unpaired) electrons. The second-order valence-corrected chi connectivity index (χ2v) is 6.36. The number of nitrogens with two attached hydrogens (primary N) is 1. The van der Waals surface area contributed by atoms with E-state index in [4.69, 9.17) is 5.73 Å². The van der Waals surface area contributed by atoms with Crippen LogP contribution in [0, 0.1) is 0 Å². The van der Waals surface area contributed by atoms with Crippen molar-refractivity contribution in [3.63, 3.8) is 0 Å². The van der Waals surface area contributed by atoms with Gasteiger partial charge in [0.25, 0.3) is 5.91 Å². The highest BCUT2D eigenvalue weighted by Crippen LogP contribution is 2.15. The van der Waals surface area contributed by atoms with E-state index < -0.39 is 22.8 Å². The summed E-state index contributed by atoms with van der Waals surface area (Å²) in [5.41, 5.74) is 6.07. The first-order valence-electron chi connectivity index (χ1n) is 6.25. The van der Waals surface area contributed by atoms with Gasteiger partial charge in [-0.05, 0) is 40.2 Å². The highest BCUT2D eigenvalue weighted by molar-refractivity contribution is 9.10. The van der Waals surface area contributed by atoms with E-state index in [1.807, 2.05) is 0 Å². The first-order chi connectivity index (χ1) is 10.9. The van der Waals surface area contributed by atoms with Crippen LogP contribution in [0.4, 0.5) is 11.5 Å². The molecule has 2 aromatic rings. The van der Waals surface area contributed by atoms with E-state index in [2.05, 4.69) is 35.9 Å². The van der Waals surface area contributed by atoms with Crippen LogP contribution < -0.4 is 15.8 Å². The van der Waals surface area contributed by atoms with E-state index in [0.717, 1.165) is 0 Å². The summed E-state index contributed by atoms with van der Waals surface area (Å²) < 4.78 is 14.4. The summed E-state index contributed by atoms with van der Waals surface area (Å²) in [6, 6.07) is 6.15. The molecule has 0 bridgehead atoms. The Morgan fingerprint density at radius 1 is 1.26 bits per heavy atom. The van der Waals surface area contributed by atoms with Crippen molar-refractivity contribution in [3.05, 3.63) is 40.8 Å². The number of halogens is 1. The zero-order valence-electron chi connectivity index (χ0n) is 11.9. The molecule has 120 valence electrons. The first kappa shape index (κ1) is 17.0. The molecule has 0 aliphatic carbocycles. The Kier molecular flexibility index (Phi) is 5.40. The van der Waals surface area contributed by atoms with Crippen LogP contribution in [0.2, 0.25) is 0 Å². The van der Waals surface area contributed by atoms with Crippen LogP contribution in [-0.4, -0.2) is 26.0 Å². The monoisotopic (exact) mass is 397 g/mol. The van der Waals surface area contributed by atoms with Crippen molar-refractivity contribution in [3.8, 4) is 0 Å². The number of carbonyl (C=O) groups is 2. The van der Waals surface area contributed by atoms with E-state index in [0.29, 0.717) is 15.2 Å². The Morgan fingerprint density at radius 2 is 1.91 bits per heavy atom. The normalized spacial score (nSPS) is 11.6. The molecule has 0 saturated carbocycles. The molecular formula is C13H12BrN5O3S. The van der Waals surface area contributed by atoms with Gasteiger partial charge in [0.15, 0.2) is 22.5 Å². The maximum Gasteiger partial charge on any atom is 0.278 e. The molecule has 1 aromatic carbocycles. The van der Waals surface area contributed by atoms with Crippen LogP contribution in [0.3, 0.4) is 0 Å². The number of nitrogens with one attached hydrogen (secondary N) is 2. The molecule has 1 aromatic heterocycles.